The molecule has 0 saturated heterocycles. The smallest absolute Gasteiger partial charge is 0.143 e. The van der Waals surface area contributed by atoms with Crippen LogP contribution in [0.1, 0.15) is 0 Å². The van der Waals surface area contributed by atoms with Crippen LogP contribution in [-0.2, 0) is 0 Å². The molecule has 230 valence electrons. The Bertz CT molecular complexity index is 2840. The van der Waals surface area contributed by atoms with E-state index in [9.17, 15) is 0 Å². The van der Waals surface area contributed by atoms with Crippen molar-refractivity contribution in [1.29, 1.82) is 0 Å². The highest BCUT2D eigenvalue weighted by atomic mass is 16.3. The van der Waals surface area contributed by atoms with E-state index < -0.39 is 0 Å². The van der Waals surface area contributed by atoms with Gasteiger partial charge in [0.15, 0.2) is 0 Å². The number of hydrogen-bond donors (Lipinski definition) is 0. The second kappa shape index (κ2) is 11.0. The van der Waals surface area contributed by atoms with Gasteiger partial charge in [0.25, 0.3) is 0 Å². The van der Waals surface area contributed by atoms with Crippen LogP contribution in [0.5, 0.6) is 0 Å². The predicted molar refractivity (Wildman–Crippen MR) is 204 cm³/mol. The molecule has 3 heteroatoms. The molecule has 3 nitrogen and oxygen atoms in total. The van der Waals surface area contributed by atoms with Gasteiger partial charge >= 0.3 is 0 Å². The van der Waals surface area contributed by atoms with E-state index in [0.717, 1.165) is 88.4 Å². The number of benzene rings is 8. The van der Waals surface area contributed by atoms with Crippen molar-refractivity contribution in [1.82, 2.24) is 0 Å². The van der Waals surface area contributed by atoms with Crippen molar-refractivity contribution in [2.45, 2.75) is 0 Å². The molecule has 49 heavy (non-hydrogen) atoms. The minimum atomic E-state index is 0.861. The lowest BCUT2D eigenvalue weighted by atomic mass is 10.0. The Morgan fingerprint density at radius 1 is 0.347 bits per heavy atom. The molecule has 0 saturated carbocycles. The van der Waals surface area contributed by atoms with Gasteiger partial charge in [0, 0.05) is 32.9 Å². The summed E-state index contributed by atoms with van der Waals surface area (Å²) in [5.74, 6) is 0. The molecule has 0 radical (unpaired) electrons. The number of rotatable bonds is 5. The summed E-state index contributed by atoms with van der Waals surface area (Å²) in [5, 5.41) is 6.72. The lowest BCUT2D eigenvalue weighted by molar-refractivity contribution is 0.669. The Morgan fingerprint density at radius 3 is 1.80 bits per heavy atom. The van der Waals surface area contributed by atoms with Crippen LogP contribution in [-0.4, -0.2) is 0 Å². The van der Waals surface area contributed by atoms with Gasteiger partial charge in [-0.15, -0.1) is 0 Å². The summed E-state index contributed by atoms with van der Waals surface area (Å²) >= 11 is 0. The zero-order valence-corrected chi connectivity index (χ0v) is 26.5. The predicted octanol–water partition coefficient (Wildman–Crippen LogP) is 13.4. The van der Waals surface area contributed by atoms with Crippen LogP contribution >= 0.6 is 0 Å². The molecule has 0 aliphatic carbocycles. The van der Waals surface area contributed by atoms with Crippen molar-refractivity contribution in [3.8, 4) is 22.3 Å². The van der Waals surface area contributed by atoms with E-state index in [1.807, 2.05) is 12.1 Å². The fourth-order valence-corrected chi connectivity index (χ4v) is 7.33. The Kier molecular flexibility index (Phi) is 6.18. The first-order valence-electron chi connectivity index (χ1n) is 16.6. The highest BCUT2D eigenvalue weighted by Crippen LogP contribution is 2.45. The molecule has 0 aliphatic heterocycles. The standard InChI is InChI=1S/C46H29NO2/c1-2-11-30(12-3-1)32-14-8-16-35(27-32)47(41-20-10-22-43-45(41)40-26-23-31-13-4-5-18-37(31)46(40)49-43)36-17-9-15-33(28-36)34-24-25-39-38-19-6-7-21-42(38)48-44(39)29-34/h1-29H. The molecule has 0 spiro atoms. The first-order chi connectivity index (χ1) is 24.3. The van der Waals surface area contributed by atoms with Crippen molar-refractivity contribution < 1.29 is 8.83 Å². The summed E-state index contributed by atoms with van der Waals surface area (Å²) in [6, 6.07) is 62.1. The van der Waals surface area contributed by atoms with E-state index in [4.69, 9.17) is 8.83 Å². The van der Waals surface area contributed by atoms with Gasteiger partial charge in [-0.2, -0.15) is 0 Å². The second-order valence-corrected chi connectivity index (χ2v) is 12.5. The number of nitrogens with zero attached hydrogens (tertiary/aromatic N) is 1. The van der Waals surface area contributed by atoms with Gasteiger partial charge in [0.2, 0.25) is 0 Å². The molecule has 0 bridgehead atoms. The van der Waals surface area contributed by atoms with E-state index in [2.05, 4.69) is 169 Å². The minimum Gasteiger partial charge on any atom is -0.456 e. The third-order valence-corrected chi connectivity index (χ3v) is 9.63. The first-order valence-corrected chi connectivity index (χ1v) is 16.6. The van der Waals surface area contributed by atoms with Gasteiger partial charge in [-0.05, 0) is 88.3 Å². The molecule has 2 aromatic heterocycles. The highest BCUT2D eigenvalue weighted by Gasteiger charge is 2.21. The molecule has 10 aromatic rings. The van der Waals surface area contributed by atoms with Gasteiger partial charge in [0.05, 0.1) is 11.1 Å². The maximum atomic E-state index is 6.64. The van der Waals surface area contributed by atoms with Crippen molar-refractivity contribution in [3.63, 3.8) is 0 Å². The van der Waals surface area contributed by atoms with Crippen LogP contribution in [0.25, 0.3) is 76.9 Å². The summed E-state index contributed by atoms with van der Waals surface area (Å²) in [4.78, 5) is 2.36. The molecule has 8 aromatic carbocycles. The molecule has 0 aliphatic rings. The summed E-state index contributed by atoms with van der Waals surface area (Å²) in [6.45, 7) is 0. The van der Waals surface area contributed by atoms with Crippen molar-refractivity contribution in [3.05, 3.63) is 176 Å². The molecule has 0 amide bonds. The monoisotopic (exact) mass is 627 g/mol. The summed E-state index contributed by atoms with van der Waals surface area (Å²) in [7, 11) is 0. The van der Waals surface area contributed by atoms with Crippen LogP contribution in [0.3, 0.4) is 0 Å². The first kappa shape index (κ1) is 27.5. The largest absolute Gasteiger partial charge is 0.456 e. The quantitative estimate of drug-likeness (QED) is 0.190. The van der Waals surface area contributed by atoms with E-state index in [-0.39, 0.29) is 0 Å². The molecule has 0 atom stereocenters. The Balaban J connectivity index is 1.20. The third kappa shape index (κ3) is 4.51. The molecule has 0 N–H and O–H groups in total. The molecular weight excluding hydrogens is 599 g/mol. The summed E-state index contributed by atoms with van der Waals surface area (Å²) < 4.78 is 12.9. The zero-order valence-electron chi connectivity index (χ0n) is 26.5. The maximum absolute atomic E-state index is 6.64. The van der Waals surface area contributed by atoms with Gasteiger partial charge in [-0.3, -0.25) is 0 Å². The highest BCUT2D eigenvalue weighted by molar-refractivity contribution is 6.19. The zero-order chi connectivity index (χ0) is 32.3. The Morgan fingerprint density at radius 2 is 0.959 bits per heavy atom. The average Bonchev–Trinajstić information content (AvgIpc) is 3.74. The number of anilines is 3. The third-order valence-electron chi connectivity index (χ3n) is 9.63. The molecule has 0 unspecified atom stereocenters. The van der Waals surface area contributed by atoms with Crippen LogP contribution < -0.4 is 4.90 Å². The van der Waals surface area contributed by atoms with Gasteiger partial charge in [0.1, 0.15) is 22.3 Å². The lowest BCUT2D eigenvalue weighted by Crippen LogP contribution is -2.10. The molecular formula is C46H29NO2. The van der Waals surface area contributed by atoms with Crippen molar-refractivity contribution in [2.24, 2.45) is 0 Å². The van der Waals surface area contributed by atoms with E-state index in [1.54, 1.807) is 0 Å². The fraction of sp³-hybridized carbons (Fsp3) is 0. The number of para-hydroxylation sites is 1. The van der Waals surface area contributed by atoms with Gasteiger partial charge < -0.3 is 13.7 Å². The SMILES string of the molecule is c1ccc(-c2cccc(N(c3cccc(-c4ccc5c(c4)oc4ccccc45)c3)c3cccc4oc5c6ccccc6ccc5c34)c2)cc1. The molecule has 2 heterocycles. The number of fused-ring (bicyclic) bond motifs is 8. The van der Waals surface area contributed by atoms with Crippen molar-refractivity contribution >= 4 is 71.7 Å². The van der Waals surface area contributed by atoms with Crippen LogP contribution in [0, 0.1) is 0 Å². The maximum Gasteiger partial charge on any atom is 0.143 e. The van der Waals surface area contributed by atoms with E-state index >= 15 is 0 Å². The van der Waals surface area contributed by atoms with Crippen LogP contribution in [0.4, 0.5) is 17.1 Å². The van der Waals surface area contributed by atoms with E-state index in [1.165, 1.54) is 5.56 Å². The summed E-state index contributed by atoms with van der Waals surface area (Å²) in [5.41, 5.74) is 11.3. The van der Waals surface area contributed by atoms with Gasteiger partial charge in [-0.1, -0.05) is 115 Å². The van der Waals surface area contributed by atoms with E-state index in [0.29, 0.717) is 0 Å². The number of furan rings is 2. The number of hydrogen-bond acceptors (Lipinski definition) is 3. The average molecular weight is 628 g/mol. The van der Waals surface area contributed by atoms with Crippen LogP contribution in [0.15, 0.2) is 185 Å². The molecule has 0 fully saturated rings. The summed E-state index contributed by atoms with van der Waals surface area (Å²) in [6.07, 6.45) is 0. The Hall–Kier alpha value is -6.58. The second-order valence-electron chi connectivity index (χ2n) is 12.5. The van der Waals surface area contributed by atoms with Crippen LogP contribution in [0.2, 0.25) is 0 Å². The van der Waals surface area contributed by atoms with Gasteiger partial charge in [-0.25, -0.2) is 0 Å². The minimum absolute atomic E-state index is 0.861. The normalized spacial score (nSPS) is 11.7. The fourth-order valence-electron chi connectivity index (χ4n) is 7.33. The molecule has 10 rings (SSSR count). The lowest BCUT2D eigenvalue weighted by Gasteiger charge is -2.27. The van der Waals surface area contributed by atoms with Crippen molar-refractivity contribution in [2.75, 3.05) is 4.90 Å². The Labute approximate surface area is 282 Å². The topological polar surface area (TPSA) is 29.5 Å².